The molecule has 0 bridgehead atoms. The van der Waals surface area contributed by atoms with Crippen molar-refractivity contribution in [3.05, 3.63) is 0 Å². The fourth-order valence-electron chi connectivity index (χ4n) is 1.98. The van der Waals surface area contributed by atoms with Crippen LogP contribution >= 0.6 is 0 Å². The average molecular weight is 215 g/mol. The first kappa shape index (κ1) is 12.5. The number of carbonyl (C=O) groups excluding carboxylic acids is 1. The van der Waals surface area contributed by atoms with Gasteiger partial charge in [-0.3, -0.25) is 4.79 Å². The highest BCUT2D eigenvalue weighted by Gasteiger charge is 2.35. The van der Waals surface area contributed by atoms with Crippen molar-refractivity contribution in [1.29, 1.82) is 0 Å². The van der Waals surface area contributed by atoms with Gasteiger partial charge < -0.3 is 14.4 Å². The van der Waals surface area contributed by atoms with Crippen LogP contribution in [0.25, 0.3) is 0 Å². The molecule has 1 heterocycles. The molecule has 15 heavy (non-hydrogen) atoms. The standard InChI is InChI=1S/C11H21NO3/c1-8-6-12(7-11(3,4)15-8)10(13)9(2)14-5/h8-9H,6-7H2,1-5H3. The van der Waals surface area contributed by atoms with Gasteiger partial charge in [0.1, 0.15) is 6.10 Å². The SMILES string of the molecule is COC(C)C(=O)N1CC(C)OC(C)(C)C1. The van der Waals surface area contributed by atoms with Crippen molar-refractivity contribution < 1.29 is 14.3 Å². The maximum absolute atomic E-state index is 11.9. The van der Waals surface area contributed by atoms with Crippen molar-refractivity contribution in [2.45, 2.75) is 45.5 Å². The average Bonchev–Trinajstić information content (AvgIpc) is 2.12. The van der Waals surface area contributed by atoms with Gasteiger partial charge >= 0.3 is 0 Å². The largest absolute Gasteiger partial charge is 0.372 e. The molecular formula is C11H21NO3. The van der Waals surface area contributed by atoms with E-state index >= 15 is 0 Å². The maximum Gasteiger partial charge on any atom is 0.251 e. The molecule has 0 aromatic heterocycles. The van der Waals surface area contributed by atoms with Crippen LogP contribution in [0.15, 0.2) is 0 Å². The van der Waals surface area contributed by atoms with Crippen LogP contribution in [0.2, 0.25) is 0 Å². The molecule has 0 aromatic carbocycles. The van der Waals surface area contributed by atoms with Crippen LogP contribution in [-0.4, -0.2) is 48.8 Å². The highest BCUT2D eigenvalue weighted by Crippen LogP contribution is 2.21. The Morgan fingerprint density at radius 1 is 1.60 bits per heavy atom. The van der Waals surface area contributed by atoms with Gasteiger partial charge in [0.15, 0.2) is 0 Å². The molecule has 1 saturated heterocycles. The van der Waals surface area contributed by atoms with Gasteiger partial charge in [0, 0.05) is 20.2 Å². The Labute approximate surface area is 91.5 Å². The zero-order chi connectivity index (χ0) is 11.6. The molecule has 4 heteroatoms. The Hall–Kier alpha value is -0.610. The van der Waals surface area contributed by atoms with Gasteiger partial charge in [0.25, 0.3) is 5.91 Å². The molecule has 0 radical (unpaired) electrons. The second-order valence-corrected chi connectivity index (χ2v) is 4.78. The van der Waals surface area contributed by atoms with Crippen molar-refractivity contribution in [1.82, 2.24) is 4.90 Å². The zero-order valence-corrected chi connectivity index (χ0v) is 10.2. The van der Waals surface area contributed by atoms with Gasteiger partial charge in [-0.25, -0.2) is 0 Å². The van der Waals surface area contributed by atoms with E-state index in [-0.39, 0.29) is 23.7 Å². The highest BCUT2D eigenvalue weighted by molar-refractivity contribution is 5.80. The third kappa shape index (κ3) is 3.18. The predicted molar refractivity (Wildman–Crippen MR) is 57.7 cm³/mol. The van der Waals surface area contributed by atoms with E-state index in [1.165, 1.54) is 0 Å². The molecule has 1 rings (SSSR count). The quantitative estimate of drug-likeness (QED) is 0.691. The van der Waals surface area contributed by atoms with E-state index in [0.29, 0.717) is 13.1 Å². The molecular weight excluding hydrogens is 194 g/mol. The second kappa shape index (κ2) is 4.49. The van der Waals surface area contributed by atoms with E-state index in [1.54, 1.807) is 14.0 Å². The number of carbonyl (C=O) groups is 1. The van der Waals surface area contributed by atoms with Gasteiger partial charge in [-0.05, 0) is 27.7 Å². The fourth-order valence-corrected chi connectivity index (χ4v) is 1.98. The topological polar surface area (TPSA) is 38.8 Å². The minimum atomic E-state index is -0.369. The Morgan fingerprint density at radius 2 is 2.20 bits per heavy atom. The summed E-state index contributed by atoms with van der Waals surface area (Å²) in [7, 11) is 1.55. The Bertz CT molecular complexity index is 240. The normalized spacial score (nSPS) is 27.5. The highest BCUT2D eigenvalue weighted by atomic mass is 16.5. The van der Waals surface area contributed by atoms with E-state index in [9.17, 15) is 4.79 Å². The van der Waals surface area contributed by atoms with E-state index < -0.39 is 0 Å². The van der Waals surface area contributed by atoms with Gasteiger partial charge in [-0.15, -0.1) is 0 Å². The summed E-state index contributed by atoms with van der Waals surface area (Å²) in [5.74, 6) is 0.0423. The maximum atomic E-state index is 11.9. The smallest absolute Gasteiger partial charge is 0.251 e. The molecule has 88 valence electrons. The number of ether oxygens (including phenoxy) is 2. The van der Waals surface area contributed by atoms with Gasteiger partial charge in [0.05, 0.1) is 11.7 Å². The van der Waals surface area contributed by atoms with E-state index in [0.717, 1.165) is 0 Å². The summed E-state index contributed by atoms with van der Waals surface area (Å²) in [5.41, 5.74) is -0.263. The number of hydrogen-bond donors (Lipinski definition) is 0. The molecule has 1 aliphatic rings. The number of morpholine rings is 1. The lowest BCUT2D eigenvalue weighted by Crippen LogP contribution is -2.55. The molecule has 0 spiro atoms. The van der Waals surface area contributed by atoms with Crippen LogP contribution in [0.1, 0.15) is 27.7 Å². The van der Waals surface area contributed by atoms with Crippen LogP contribution in [0.5, 0.6) is 0 Å². The second-order valence-electron chi connectivity index (χ2n) is 4.78. The van der Waals surface area contributed by atoms with Gasteiger partial charge in [-0.1, -0.05) is 0 Å². The molecule has 2 unspecified atom stereocenters. The summed E-state index contributed by atoms with van der Waals surface area (Å²) in [5, 5.41) is 0. The van der Waals surface area contributed by atoms with Crippen molar-refractivity contribution in [2.24, 2.45) is 0 Å². The zero-order valence-electron chi connectivity index (χ0n) is 10.2. The monoisotopic (exact) mass is 215 g/mol. The third-order valence-electron chi connectivity index (χ3n) is 2.58. The lowest BCUT2D eigenvalue weighted by Gasteiger charge is -2.42. The Kier molecular flexibility index (Phi) is 3.73. The first-order valence-corrected chi connectivity index (χ1v) is 5.35. The number of hydrogen-bond acceptors (Lipinski definition) is 3. The lowest BCUT2D eigenvalue weighted by atomic mass is 10.1. The molecule has 0 aliphatic carbocycles. The minimum Gasteiger partial charge on any atom is -0.372 e. The molecule has 1 aliphatic heterocycles. The minimum absolute atomic E-state index is 0.0423. The van der Waals surface area contributed by atoms with Crippen molar-refractivity contribution >= 4 is 5.91 Å². The molecule has 0 saturated carbocycles. The van der Waals surface area contributed by atoms with Crippen molar-refractivity contribution in [2.75, 3.05) is 20.2 Å². The summed E-state index contributed by atoms with van der Waals surface area (Å²) < 4.78 is 10.8. The third-order valence-corrected chi connectivity index (χ3v) is 2.58. The number of nitrogens with zero attached hydrogens (tertiary/aromatic N) is 1. The van der Waals surface area contributed by atoms with Gasteiger partial charge in [0.2, 0.25) is 0 Å². The van der Waals surface area contributed by atoms with E-state index in [2.05, 4.69) is 0 Å². The molecule has 0 aromatic rings. The Morgan fingerprint density at radius 3 is 2.67 bits per heavy atom. The Balaban J connectivity index is 2.66. The summed E-state index contributed by atoms with van der Waals surface area (Å²) >= 11 is 0. The number of methoxy groups -OCH3 is 1. The van der Waals surface area contributed by atoms with Crippen LogP contribution in [0.3, 0.4) is 0 Å². The summed E-state index contributed by atoms with van der Waals surface area (Å²) in [4.78, 5) is 13.7. The fraction of sp³-hybridized carbons (Fsp3) is 0.909. The number of amides is 1. The lowest BCUT2D eigenvalue weighted by molar-refractivity contribution is -0.165. The van der Waals surface area contributed by atoms with Crippen LogP contribution in [-0.2, 0) is 14.3 Å². The van der Waals surface area contributed by atoms with E-state index in [4.69, 9.17) is 9.47 Å². The molecule has 4 nitrogen and oxygen atoms in total. The van der Waals surface area contributed by atoms with Crippen LogP contribution in [0, 0.1) is 0 Å². The van der Waals surface area contributed by atoms with Crippen LogP contribution < -0.4 is 0 Å². The molecule has 0 N–H and O–H groups in total. The number of rotatable bonds is 2. The van der Waals surface area contributed by atoms with E-state index in [1.807, 2.05) is 25.7 Å². The summed E-state index contributed by atoms with van der Waals surface area (Å²) in [6.45, 7) is 9.04. The van der Waals surface area contributed by atoms with Crippen molar-refractivity contribution in [3.63, 3.8) is 0 Å². The first-order valence-electron chi connectivity index (χ1n) is 5.35. The molecule has 2 atom stereocenters. The summed E-state index contributed by atoms with van der Waals surface area (Å²) in [6, 6.07) is 0. The van der Waals surface area contributed by atoms with Crippen molar-refractivity contribution in [3.8, 4) is 0 Å². The van der Waals surface area contributed by atoms with Gasteiger partial charge in [-0.2, -0.15) is 0 Å². The van der Waals surface area contributed by atoms with Crippen LogP contribution in [0.4, 0.5) is 0 Å². The summed E-state index contributed by atoms with van der Waals surface area (Å²) in [6.07, 6.45) is -0.284. The molecule has 1 amide bonds. The molecule has 1 fully saturated rings. The first-order chi connectivity index (χ1) is 6.85. The predicted octanol–water partition coefficient (Wildman–Crippen LogP) is 1.05.